The number of benzene rings is 2. The van der Waals surface area contributed by atoms with Crippen LogP contribution in [0.2, 0.25) is 10.0 Å². The van der Waals surface area contributed by atoms with E-state index in [0.717, 1.165) is 43.1 Å². The molecule has 2 saturated heterocycles. The third-order valence-electron chi connectivity index (χ3n) is 6.79. The van der Waals surface area contributed by atoms with E-state index in [9.17, 15) is 19.5 Å². The average molecular weight is 503 g/mol. The molecule has 1 amide bonds. The van der Waals surface area contributed by atoms with E-state index in [1.165, 1.54) is 17.7 Å². The van der Waals surface area contributed by atoms with E-state index in [0.29, 0.717) is 18.4 Å². The third kappa shape index (κ3) is 5.62. The van der Waals surface area contributed by atoms with Crippen LogP contribution in [0.3, 0.4) is 0 Å². The number of piperidine rings is 1. The highest BCUT2D eigenvalue weighted by molar-refractivity contribution is 6.31. The normalized spacial score (nSPS) is 19.6. The number of likely N-dealkylation sites (tertiary alicyclic amines) is 2. The molecule has 1 N–H and O–H groups in total. The Morgan fingerprint density at radius 2 is 1.76 bits per heavy atom. The monoisotopic (exact) mass is 502 g/mol. The molecule has 180 valence electrons. The van der Waals surface area contributed by atoms with Crippen molar-refractivity contribution in [3.63, 3.8) is 0 Å². The number of hydrogen-bond acceptors (Lipinski definition) is 4. The van der Waals surface area contributed by atoms with E-state index < -0.39 is 12.0 Å². The maximum absolute atomic E-state index is 13.2. The number of rotatable bonds is 7. The van der Waals surface area contributed by atoms with Gasteiger partial charge in [-0.2, -0.15) is 0 Å². The topological polar surface area (TPSA) is 77.9 Å². The number of Topliss-reactive ketones (excluding diaryl/α,β-unsaturated/α-hetero) is 1. The molecule has 6 nitrogen and oxygen atoms in total. The standard InChI is InChI=1S/C26H28Cl2N2O4/c1-16-10-17(2-3-22(16)28)15-29-8-6-21(7-9-29)30-23(4-5-25(30)32)24(31)13-18-11-19(26(33)34)14-20(27)12-18/h2-3,10-12,14,21,23H,4-9,13,15H2,1H3,(H,33,34)/t23-/m1/s1. The van der Waals surface area contributed by atoms with Crippen LogP contribution in [-0.4, -0.2) is 57.7 Å². The lowest BCUT2D eigenvalue weighted by Crippen LogP contribution is -2.50. The zero-order valence-electron chi connectivity index (χ0n) is 19.1. The summed E-state index contributed by atoms with van der Waals surface area (Å²) >= 11 is 12.2. The average Bonchev–Trinajstić information content (AvgIpc) is 3.18. The Hall–Kier alpha value is -2.41. The summed E-state index contributed by atoms with van der Waals surface area (Å²) < 4.78 is 0. The maximum atomic E-state index is 13.2. The van der Waals surface area contributed by atoms with Gasteiger partial charge >= 0.3 is 5.97 Å². The van der Waals surface area contributed by atoms with Crippen LogP contribution in [0, 0.1) is 6.92 Å². The third-order valence-corrected chi connectivity index (χ3v) is 7.43. The van der Waals surface area contributed by atoms with Crippen molar-refractivity contribution in [2.75, 3.05) is 13.1 Å². The van der Waals surface area contributed by atoms with Gasteiger partial charge in [-0.15, -0.1) is 0 Å². The van der Waals surface area contributed by atoms with Crippen LogP contribution in [0.15, 0.2) is 36.4 Å². The van der Waals surface area contributed by atoms with Crippen LogP contribution >= 0.6 is 23.2 Å². The summed E-state index contributed by atoms with van der Waals surface area (Å²) in [5, 5.41) is 10.3. The number of carbonyl (C=O) groups is 3. The van der Waals surface area contributed by atoms with E-state index in [1.54, 1.807) is 11.0 Å². The van der Waals surface area contributed by atoms with Gasteiger partial charge in [-0.1, -0.05) is 35.3 Å². The number of aromatic carboxylic acids is 1. The number of carbonyl (C=O) groups excluding carboxylic acids is 2. The van der Waals surface area contributed by atoms with Gasteiger partial charge in [0.25, 0.3) is 0 Å². The van der Waals surface area contributed by atoms with Crippen LogP contribution in [-0.2, 0) is 22.6 Å². The summed E-state index contributed by atoms with van der Waals surface area (Å²) in [6.07, 6.45) is 2.58. The highest BCUT2D eigenvalue weighted by Crippen LogP contribution is 2.29. The molecule has 2 aromatic carbocycles. The summed E-state index contributed by atoms with van der Waals surface area (Å²) in [5.74, 6) is -1.12. The number of amides is 1. The molecule has 0 saturated carbocycles. The van der Waals surface area contributed by atoms with Crippen molar-refractivity contribution < 1.29 is 19.5 Å². The fourth-order valence-corrected chi connectivity index (χ4v) is 5.47. The molecule has 2 heterocycles. The number of halogens is 2. The Kier molecular flexibility index (Phi) is 7.60. The van der Waals surface area contributed by atoms with Crippen molar-refractivity contribution in [2.24, 2.45) is 0 Å². The molecule has 2 aromatic rings. The molecular formula is C26H28Cl2N2O4. The summed E-state index contributed by atoms with van der Waals surface area (Å²) in [5.41, 5.74) is 2.89. The lowest BCUT2D eigenvalue weighted by molar-refractivity contribution is -0.137. The lowest BCUT2D eigenvalue weighted by Gasteiger charge is -2.39. The molecule has 8 heteroatoms. The molecular weight excluding hydrogens is 475 g/mol. The van der Waals surface area contributed by atoms with Gasteiger partial charge in [0.05, 0.1) is 11.6 Å². The van der Waals surface area contributed by atoms with Crippen molar-refractivity contribution in [2.45, 2.75) is 57.7 Å². The zero-order valence-corrected chi connectivity index (χ0v) is 20.6. The predicted molar refractivity (Wildman–Crippen MR) is 131 cm³/mol. The van der Waals surface area contributed by atoms with Crippen LogP contribution in [0.1, 0.15) is 52.7 Å². The molecule has 0 unspecified atom stereocenters. The van der Waals surface area contributed by atoms with Crippen LogP contribution < -0.4 is 0 Å². The minimum Gasteiger partial charge on any atom is -0.478 e. The second-order valence-corrected chi connectivity index (χ2v) is 10.1. The smallest absolute Gasteiger partial charge is 0.335 e. The number of hydrogen-bond donors (Lipinski definition) is 1. The van der Waals surface area contributed by atoms with Gasteiger partial charge in [-0.3, -0.25) is 14.5 Å². The van der Waals surface area contributed by atoms with Crippen LogP contribution in [0.5, 0.6) is 0 Å². The number of carboxylic acids is 1. The van der Waals surface area contributed by atoms with E-state index in [-0.39, 0.29) is 34.7 Å². The molecule has 0 spiro atoms. The minimum absolute atomic E-state index is 0.0300. The second-order valence-electron chi connectivity index (χ2n) is 9.24. The second kappa shape index (κ2) is 10.5. The largest absolute Gasteiger partial charge is 0.478 e. The van der Waals surface area contributed by atoms with Crippen molar-refractivity contribution in [1.29, 1.82) is 0 Å². The summed E-state index contributed by atoms with van der Waals surface area (Å²) in [6.45, 7) is 4.54. The zero-order chi connectivity index (χ0) is 24.4. The van der Waals surface area contributed by atoms with E-state index in [4.69, 9.17) is 23.2 Å². The first-order valence-electron chi connectivity index (χ1n) is 11.6. The molecule has 2 aliphatic heterocycles. The summed E-state index contributed by atoms with van der Waals surface area (Å²) in [4.78, 5) is 41.4. The van der Waals surface area contributed by atoms with Gasteiger partial charge < -0.3 is 10.0 Å². The fourth-order valence-electron chi connectivity index (χ4n) is 5.09. The Labute approximate surface area is 209 Å². The maximum Gasteiger partial charge on any atom is 0.335 e. The molecule has 2 aliphatic rings. The molecule has 0 aromatic heterocycles. The quantitative estimate of drug-likeness (QED) is 0.589. The Balaban J connectivity index is 1.39. The molecule has 2 fully saturated rings. The lowest BCUT2D eigenvalue weighted by atomic mass is 9.97. The Bertz CT molecular complexity index is 1110. The van der Waals surface area contributed by atoms with Crippen LogP contribution in [0.4, 0.5) is 0 Å². The highest BCUT2D eigenvalue weighted by Gasteiger charge is 2.40. The SMILES string of the molecule is Cc1cc(CN2CCC(N3C(=O)CC[C@@H]3C(=O)Cc3cc(Cl)cc(C(=O)O)c3)CC2)ccc1Cl. The first-order valence-corrected chi connectivity index (χ1v) is 12.3. The summed E-state index contributed by atoms with van der Waals surface area (Å²) in [7, 11) is 0. The number of nitrogens with zero attached hydrogens (tertiary/aromatic N) is 2. The first kappa shape index (κ1) is 24.7. The van der Waals surface area contributed by atoms with E-state index >= 15 is 0 Å². The van der Waals surface area contributed by atoms with E-state index in [2.05, 4.69) is 11.0 Å². The molecule has 34 heavy (non-hydrogen) atoms. The van der Waals surface area contributed by atoms with Crippen LogP contribution in [0.25, 0.3) is 0 Å². The molecule has 4 rings (SSSR count). The number of carboxylic acid groups (broad SMARTS) is 1. The highest BCUT2D eigenvalue weighted by atomic mass is 35.5. The molecule has 1 atom stereocenters. The van der Waals surface area contributed by atoms with Gasteiger partial charge in [0.2, 0.25) is 5.91 Å². The van der Waals surface area contributed by atoms with Gasteiger partial charge in [-0.25, -0.2) is 4.79 Å². The predicted octanol–water partition coefficient (Wildman–Crippen LogP) is 4.77. The van der Waals surface area contributed by atoms with E-state index in [1.807, 2.05) is 19.1 Å². The minimum atomic E-state index is -1.09. The first-order chi connectivity index (χ1) is 16.2. The molecule has 0 aliphatic carbocycles. The molecule has 0 radical (unpaired) electrons. The Morgan fingerprint density at radius 1 is 1.03 bits per heavy atom. The Morgan fingerprint density at radius 3 is 2.44 bits per heavy atom. The summed E-state index contributed by atoms with van der Waals surface area (Å²) in [6, 6.07) is 10.1. The number of ketones is 1. The van der Waals surface area contributed by atoms with Crippen molar-refractivity contribution in [3.05, 3.63) is 68.7 Å². The van der Waals surface area contributed by atoms with Gasteiger partial charge in [0.15, 0.2) is 5.78 Å². The van der Waals surface area contributed by atoms with Crippen molar-refractivity contribution >= 4 is 40.9 Å². The number of aryl methyl sites for hydroxylation is 1. The van der Waals surface area contributed by atoms with Crippen molar-refractivity contribution in [3.8, 4) is 0 Å². The molecule has 0 bridgehead atoms. The van der Waals surface area contributed by atoms with Gasteiger partial charge in [0.1, 0.15) is 0 Å². The van der Waals surface area contributed by atoms with Gasteiger partial charge in [-0.05, 0) is 67.1 Å². The van der Waals surface area contributed by atoms with Gasteiger partial charge in [0, 0.05) is 48.6 Å². The van der Waals surface area contributed by atoms with Crippen molar-refractivity contribution in [1.82, 2.24) is 9.80 Å². The fraction of sp³-hybridized carbons (Fsp3) is 0.423.